The van der Waals surface area contributed by atoms with E-state index in [-0.39, 0.29) is 36.3 Å². The Labute approximate surface area is 253 Å². The maximum atomic E-state index is 15.0. The van der Waals surface area contributed by atoms with E-state index in [1.165, 1.54) is 30.2 Å². The van der Waals surface area contributed by atoms with Crippen molar-refractivity contribution in [1.29, 1.82) is 0 Å². The van der Waals surface area contributed by atoms with Crippen LogP contribution in [-0.4, -0.2) is 73.2 Å². The van der Waals surface area contributed by atoms with Crippen LogP contribution in [0.1, 0.15) is 89.7 Å². The first-order chi connectivity index (χ1) is 21.0. The largest absolute Gasteiger partial charge is 0.493 e. The molecule has 1 amide bonds. The third kappa shape index (κ3) is 8.25. The molecule has 2 saturated carbocycles. The molecule has 2 aromatic rings. The third-order valence-electron chi connectivity index (χ3n) is 8.65. The van der Waals surface area contributed by atoms with Crippen molar-refractivity contribution in [3.8, 4) is 5.75 Å². The average molecular weight is 624 g/mol. The highest BCUT2D eigenvalue weighted by Gasteiger charge is 2.35. The van der Waals surface area contributed by atoms with Crippen molar-refractivity contribution in [2.24, 2.45) is 5.92 Å². The molecule has 1 unspecified atom stereocenters. The van der Waals surface area contributed by atoms with Gasteiger partial charge in [-0.2, -0.15) is 13.2 Å². The molecule has 0 N–H and O–H groups in total. The van der Waals surface area contributed by atoms with Gasteiger partial charge in [0, 0.05) is 30.8 Å². The van der Waals surface area contributed by atoms with Crippen LogP contribution in [0.25, 0.3) is 0 Å². The second-order valence-electron chi connectivity index (χ2n) is 12.2. The smallest absolute Gasteiger partial charge is 0.416 e. The molecule has 0 radical (unpaired) electrons. The number of amides is 1. The van der Waals surface area contributed by atoms with Gasteiger partial charge in [-0.25, -0.2) is 8.78 Å². The van der Waals surface area contributed by atoms with Gasteiger partial charge in [-0.1, -0.05) is 0 Å². The maximum absolute atomic E-state index is 15.0. The van der Waals surface area contributed by atoms with Gasteiger partial charge in [-0.3, -0.25) is 19.5 Å². The standard InChI is InChI=1S/C30H34F5N3O2.C2H4O2/c31-22-7-10-38(15-22)29(39)25-13-24(19-1-2-19)28(14-26(25)32)40-17-18-5-8-37(9-6-18)16-23-11-21(30(33,34)35)12-27(36-23)20-3-4-20;1-4-2-3/h11-14,18-20,22H,1-10,15-17H2;2H,1H3. The molecule has 1 atom stereocenters. The topological polar surface area (TPSA) is 72.0 Å². The molecule has 12 heteroatoms. The molecule has 240 valence electrons. The second kappa shape index (κ2) is 13.8. The number of benzene rings is 1. The molecule has 44 heavy (non-hydrogen) atoms. The summed E-state index contributed by atoms with van der Waals surface area (Å²) in [6, 6.07) is 5.26. The Morgan fingerprint density at radius 1 is 1.00 bits per heavy atom. The molecule has 0 bridgehead atoms. The van der Waals surface area contributed by atoms with Crippen LogP contribution in [0.4, 0.5) is 22.0 Å². The summed E-state index contributed by atoms with van der Waals surface area (Å²) < 4.78 is 78.9. The van der Waals surface area contributed by atoms with Crippen LogP contribution >= 0.6 is 0 Å². The minimum Gasteiger partial charge on any atom is -0.493 e. The molecule has 6 rings (SSSR count). The van der Waals surface area contributed by atoms with Crippen LogP contribution in [0.5, 0.6) is 5.75 Å². The van der Waals surface area contributed by atoms with Crippen LogP contribution in [0.2, 0.25) is 0 Å². The molecule has 4 aliphatic rings. The molecule has 7 nitrogen and oxygen atoms in total. The van der Waals surface area contributed by atoms with Crippen molar-refractivity contribution in [3.63, 3.8) is 0 Å². The van der Waals surface area contributed by atoms with E-state index in [0.29, 0.717) is 56.4 Å². The van der Waals surface area contributed by atoms with Crippen LogP contribution in [0.15, 0.2) is 24.3 Å². The number of rotatable bonds is 9. The number of hydrogen-bond acceptors (Lipinski definition) is 6. The van der Waals surface area contributed by atoms with E-state index in [4.69, 9.17) is 9.53 Å². The van der Waals surface area contributed by atoms with Crippen molar-refractivity contribution in [3.05, 3.63) is 58.2 Å². The number of carbonyl (C=O) groups excluding carboxylic acids is 2. The lowest BCUT2D eigenvalue weighted by Gasteiger charge is -2.32. The number of halogens is 5. The molecule has 1 aromatic carbocycles. The van der Waals surface area contributed by atoms with E-state index in [1.54, 1.807) is 6.07 Å². The molecule has 2 aliphatic carbocycles. The molecule has 0 spiro atoms. The van der Waals surface area contributed by atoms with E-state index in [0.717, 1.165) is 44.1 Å². The monoisotopic (exact) mass is 623 g/mol. The number of aromatic nitrogens is 1. The fourth-order valence-electron chi connectivity index (χ4n) is 5.84. The van der Waals surface area contributed by atoms with Crippen LogP contribution in [0.3, 0.4) is 0 Å². The minimum absolute atomic E-state index is 0.000504. The van der Waals surface area contributed by atoms with Crippen molar-refractivity contribution in [1.82, 2.24) is 14.8 Å². The zero-order chi connectivity index (χ0) is 31.4. The minimum atomic E-state index is -4.39. The van der Waals surface area contributed by atoms with E-state index in [2.05, 4.69) is 14.6 Å². The van der Waals surface area contributed by atoms with Gasteiger partial charge in [0.05, 0.1) is 37.1 Å². The molecule has 2 saturated heterocycles. The van der Waals surface area contributed by atoms with Gasteiger partial charge in [0.2, 0.25) is 0 Å². The summed E-state index contributed by atoms with van der Waals surface area (Å²) >= 11 is 0. The van der Waals surface area contributed by atoms with Crippen LogP contribution in [0, 0.1) is 11.7 Å². The highest BCUT2D eigenvalue weighted by Crippen LogP contribution is 2.46. The van der Waals surface area contributed by atoms with Crippen molar-refractivity contribution in [2.75, 3.05) is 39.9 Å². The zero-order valence-electron chi connectivity index (χ0n) is 24.8. The van der Waals surface area contributed by atoms with Gasteiger partial charge in [-0.05, 0) is 93.6 Å². The van der Waals surface area contributed by atoms with Crippen molar-refractivity contribution < 1.29 is 41.0 Å². The number of piperidine rings is 1. The van der Waals surface area contributed by atoms with Crippen LogP contribution in [-0.2, 0) is 22.3 Å². The van der Waals surface area contributed by atoms with Crippen molar-refractivity contribution >= 4 is 12.4 Å². The highest BCUT2D eigenvalue weighted by molar-refractivity contribution is 5.95. The Hall–Kier alpha value is -3.28. The SMILES string of the molecule is COC=O.O=C(c1cc(C2CC2)c(OCC2CCN(Cc3cc(C(F)(F)F)cc(C4CC4)n3)CC2)cc1F)N1CCC(F)C1. The molecule has 3 heterocycles. The normalized spacial score (nSPS) is 21.0. The molecule has 1 aromatic heterocycles. The summed E-state index contributed by atoms with van der Waals surface area (Å²) in [5, 5.41) is 0. The number of methoxy groups -OCH3 is 1. The Morgan fingerprint density at radius 3 is 2.25 bits per heavy atom. The lowest BCUT2D eigenvalue weighted by atomic mass is 9.97. The number of nitrogens with zero attached hydrogens (tertiary/aromatic N) is 3. The number of pyridine rings is 1. The summed E-state index contributed by atoms with van der Waals surface area (Å²) in [6.45, 7) is 2.88. The summed E-state index contributed by atoms with van der Waals surface area (Å²) in [6.07, 6.45) is 0.141. The summed E-state index contributed by atoms with van der Waals surface area (Å²) in [5.74, 6) is -0.0559. The van der Waals surface area contributed by atoms with Gasteiger partial charge in [0.25, 0.3) is 12.4 Å². The third-order valence-corrected chi connectivity index (χ3v) is 8.65. The zero-order valence-corrected chi connectivity index (χ0v) is 24.8. The van der Waals surface area contributed by atoms with Gasteiger partial charge < -0.3 is 14.4 Å². The quantitative estimate of drug-likeness (QED) is 0.243. The number of likely N-dealkylation sites (tertiary alicyclic amines) is 2. The number of ether oxygens (including phenoxy) is 2. The fraction of sp³-hybridized carbons (Fsp3) is 0.594. The first-order valence-corrected chi connectivity index (χ1v) is 15.2. The van der Waals surface area contributed by atoms with E-state index < -0.39 is 29.6 Å². The summed E-state index contributed by atoms with van der Waals surface area (Å²) in [7, 11) is 1.31. The lowest BCUT2D eigenvalue weighted by Crippen LogP contribution is -2.35. The maximum Gasteiger partial charge on any atom is 0.416 e. The lowest BCUT2D eigenvalue weighted by molar-refractivity contribution is -0.137. The molecular weight excluding hydrogens is 585 g/mol. The van der Waals surface area contributed by atoms with Gasteiger partial charge in [0.15, 0.2) is 0 Å². The molecule has 4 fully saturated rings. The number of alkyl halides is 4. The van der Waals surface area contributed by atoms with Gasteiger partial charge >= 0.3 is 6.18 Å². The number of carbonyl (C=O) groups is 2. The Kier molecular flexibility index (Phi) is 10.1. The van der Waals surface area contributed by atoms with E-state index >= 15 is 4.39 Å². The average Bonchev–Trinajstić information content (AvgIpc) is 3.94. The van der Waals surface area contributed by atoms with E-state index in [9.17, 15) is 22.4 Å². The fourth-order valence-corrected chi connectivity index (χ4v) is 5.84. The first-order valence-electron chi connectivity index (χ1n) is 15.2. The Bertz CT molecular complexity index is 1320. The summed E-state index contributed by atoms with van der Waals surface area (Å²) in [4.78, 5) is 29.8. The summed E-state index contributed by atoms with van der Waals surface area (Å²) in [5.41, 5.74) is 1.19. The van der Waals surface area contributed by atoms with Crippen LogP contribution < -0.4 is 4.74 Å². The Balaban J connectivity index is 0.000000906. The highest BCUT2D eigenvalue weighted by atomic mass is 19.4. The first kappa shape index (κ1) is 32.1. The van der Waals surface area contributed by atoms with Gasteiger partial charge in [-0.15, -0.1) is 0 Å². The Morgan fingerprint density at radius 2 is 1.68 bits per heavy atom. The van der Waals surface area contributed by atoms with Crippen molar-refractivity contribution in [2.45, 2.75) is 75.7 Å². The molecular formula is C32H38F5N3O4. The number of hydrogen-bond donors (Lipinski definition) is 0. The van der Waals surface area contributed by atoms with E-state index in [1.807, 2.05) is 0 Å². The van der Waals surface area contributed by atoms with Gasteiger partial charge in [0.1, 0.15) is 17.7 Å². The predicted molar refractivity (Wildman–Crippen MR) is 152 cm³/mol. The molecule has 2 aliphatic heterocycles. The second-order valence-corrected chi connectivity index (χ2v) is 12.2. The predicted octanol–water partition coefficient (Wildman–Crippen LogP) is 6.26.